The summed E-state index contributed by atoms with van der Waals surface area (Å²) >= 11 is 0. The zero-order valence-corrected chi connectivity index (χ0v) is 9.04. The predicted octanol–water partition coefficient (Wildman–Crippen LogP) is 1.98. The number of rotatable bonds is 1. The lowest BCUT2D eigenvalue weighted by atomic mass is 10.2. The Balaban J connectivity index is 1.97. The molecule has 1 aliphatic rings. The number of halogens is 1. The van der Waals surface area contributed by atoms with Gasteiger partial charge in [0, 0.05) is 5.56 Å². The highest BCUT2D eigenvalue weighted by atomic mass is 19.1. The van der Waals surface area contributed by atoms with E-state index in [1.165, 1.54) is 25.0 Å². The smallest absolute Gasteiger partial charge is 0.166 e. The molecule has 0 aromatic heterocycles. The van der Waals surface area contributed by atoms with Gasteiger partial charge >= 0.3 is 0 Å². The maximum atomic E-state index is 13.0. The molecular formula is C13H14FNO. The second-order valence-electron chi connectivity index (χ2n) is 3.95. The van der Waals surface area contributed by atoms with Gasteiger partial charge in [-0.2, -0.15) is 0 Å². The summed E-state index contributed by atoms with van der Waals surface area (Å²) in [6.45, 7) is 2.96. The van der Waals surface area contributed by atoms with E-state index in [1.807, 2.05) is 0 Å². The molecule has 2 nitrogen and oxygen atoms in total. The van der Waals surface area contributed by atoms with Crippen LogP contribution in [0.4, 0.5) is 4.39 Å². The molecule has 1 aliphatic heterocycles. The molecule has 0 unspecified atom stereocenters. The minimum Gasteiger partial charge on any atom is -0.505 e. The van der Waals surface area contributed by atoms with Crippen LogP contribution in [-0.4, -0.2) is 29.6 Å². The average Bonchev–Trinajstić information content (AvgIpc) is 2.76. The maximum absolute atomic E-state index is 13.0. The molecule has 1 aromatic carbocycles. The van der Waals surface area contributed by atoms with Crippen molar-refractivity contribution in [2.45, 2.75) is 12.8 Å². The van der Waals surface area contributed by atoms with Gasteiger partial charge < -0.3 is 5.11 Å². The Hall–Kier alpha value is -1.53. The quantitative estimate of drug-likeness (QED) is 0.730. The van der Waals surface area contributed by atoms with Crippen LogP contribution in [0.3, 0.4) is 0 Å². The number of aromatic hydroxyl groups is 1. The van der Waals surface area contributed by atoms with Gasteiger partial charge in [0.15, 0.2) is 11.6 Å². The molecule has 1 fully saturated rings. The van der Waals surface area contributed by atoms with E-state index in [-0.39, 0.29) is 5.75 Å². The Bertz CT molecular complexity index is 427. The lowest BCUT2D eigenvalue weighted by Crippen LogP contribution is -2.18. The summed E-state index contributed by atoms with van der Waals surface area (Å²) in [7, 11) is 0. The number of likely N-dealkylation sites (tertiary alicyclic amines) is 1. The fourth-order valence-electron chi connectivity index (χ4n) is 1.78. The molecule has 0 saturated carbocycles. The Kier molecular flexibility index (Phi) is 3.43. The van der Waals surface area contributed by atoms with E-state index in [2.05, 4.69) is 16.7 Å². The van der Waals surface area contributed by atoms with Gasteiger partial charge in [0.25, 0.3) is 0 Å². The lowest BCUT2D eigenvalue weighted by Gasteiger charge is -2.08. The van der Waals surface area contributed by atoms with Crippen LogP contribution in [-0.2, 0) is 0 Å². The van der Waals surface area contributed by atoms with E-state index >= 15 is 0 Å². The first-order valence-electron chi connectivity index (χ1n) is 5.45. The molecule has 0 radical (unpaired) electrons. The topological polar surface area (TPSA) is 23.5 Å². The largest absolute Gasteiger partial charge is 0.505 e. The molecule has 3 heteroatoms. The van der Waals surface area contributed by atoms with Crippen LogP contribution in [0.5, 0.6) is 5.75 Å². The molecular weight excluding hydrogens is 205 g/mol. The van der Waals surface area contributed by atoms with Crippen molar-refractivity contribution in [3.05, 3.63) is 29.6 Å². The summed E-state index contributed by atoms with van der Waals surface area (Å²) in [6.07, 6.45) is 2.49. The van der Waals surface area contributed by atoms with Gasteiger partial charge in [0.05, 0.1) is 6.54 Å². The van der Waals surface area contributed by atoms with Crippen LogP contribution in [0.15, 0.2) is 18.2 Å². The van der Waals surface area contributed by atoms with Crippen LogP contribution >= 0.6 is 0 Å². The van der Waals surface area contributed by atoms with Crippen LogP contribution in [0, 0.1) is 17.7 Å². The molecule has 0 atom stereocenters. The number of hydrogen-bond acceptors (Lipinski definition) is 2. The summed E-state index contributed by atoms with van der Waals surface area (Å²) in [6, 6.07) is 4.21. The van der Waals surface area contributed by atoms with Gasteiger partial charge in [0.1, 0.15) is 0 Å². The minimum absolute atomic E-state index is 0.329. The highest BCUT2D eigenvalue weighted by Crippen LogP contribution is 2.15. The highest BCUT2D eigenvalue weighted by Gasteiger charge is 2.08. The van der Waals surface area contributed by atoms with Crippen LogP contribution < -0.4 is 0 Å². The monoisotopic (exact) mass is 219 g/mol. The van der Waals surface area contributed by atoms with Crippen molar-refractivity contribution < 1.29 is 9.50 Å². The average molecular weight is 219 g/mol. The summed E-state index contributed by atoms with van der Waals surface area (Å²) in [5.41, 5.74) is 0.606. The molecule has 1 aromatic rings. The zero-order chi connectivity index (χ0) is 11.4. The van der Waals surface area contributed by atoms with E-state index in [4.69, 9.17) is 5.11 Å². The van der Waals surface area contributed by atoms with Crippen molar-refractivity contribution in [3.63, 3.8) is 0 Å². The fraction of sp³-hybridized carbons (Fsp3) is 0.385. The summed E-state index contributed by atoms with van der Waals surface area (Å²) in [5, 5.41) is 9.01. The van der Waals surface area contributed by atoms with Gasteiger partial charge in [-0.25, -0.2) is 4.39 Å². The van der Waals surface area contributed by atoms with Crippen molar-refractivity contribution in [3.8, 4) is 17.6 Å². The lowest BCUT2D eigenvalue weighted by molar-refractivity contribution is 0.383. The second-order valence-corrected chi connectivity index (χ2v) is 3.95. The molecule has 1 N–H and O–H groups in total. The summed E-state index contributed by atoms with van der Waals surface area (Å²) in [4.78, 5) is 2.28. The number of hydrogen-bond donors (Lipinski definition) is 1. The molecule has 0 spiro atoms. The fourth-order valence-corrected chi connectivity index (χ4v) is 1.78. The first-order chi connectivity index (χ1) is 7.75. The van der Waals surface area contributed by atoms with Crippen molar-refractivity contribution >= 4 is 0 Å². The highest BCUT2D eigenvalue weighted by molar-refractivity contribution is 5.38. The first-order valence-corrected chi connectivity index (χ1v) is 5.45. The molecule has 2 rings (SSSR count). The van der Waals surface area contributed by atoms with E-state index < -0.39 is 5.82 Å². The van der Waals surface area contributed by atoms with Crippen molar-refractivity contribution in [2.24, 2.45) is 0 Å². The number of phenolic OH excluding ortho intramolecular Hbond substituents is 1. The van der Waals surface area contributed by atoms with Crippen molar-refractivity contribution in [2.75, 3.05) is 19.6 Å². The predicted molar refractivity (Wildman–Crippen MR) is 60.6 cm³/mol. The molecule has 0 amide bonds. The summed E-state index contributed by atoms with van der Waals surface area (Å²) < 4.78 is 13.0. The Morgan fingerprint density at radius 3 is 2.75 bits per heavy atom. The van der Waals surface area contributed by atoms with Crippen LogP contribution in [0.2, 0.25) is 0 Å². The summed E-state index contributed by atoms with van der Waals surface area (Å²) in [5.74, 6) is 4.97. The maximum Gasteiger partial charge on any atom is 0.166 e. The number of nitrogens with zero attached hydrogens (tertiary/aromatic N) is 1. The second kappa shape index (κ2) is 5.00. The van der Waals surface area contributed by atoms with E-state index in [1.54, 1.807) is 6.07 Å². The van der Waals surface area contributed by atoms with Gasteiger partial charge in [0.2, 0.25) is 0 Å². The number of phenols is 1. The van der Waals surface area contributed by atoms with Crippen LogP contribution in [0.1, 0.15) is 18.4 Å². The molecule has 1 heterocycles. The third-order valence-electron chi connectivity index (χ3n) is 2.68. The third kappa shape index (κ3) is 2.74. The van der Waals surface area contributed by atoms with Crippen molar-refractivity contribution in [1.82, 2.24) is 4.90 Å². The Labute approximate surface area is 94.7 Å². The Morgan fingerprint density at radius 2 is 2.06 bits per heavy atom. The zero-order valence-electron chi connectivity index (χ0n) is 9.04. The minimum atomic E-state index is -0.618. The van der Waals surface area contributed by atoms with E-state index in [0.717, 1.165) is 19.6 Å². The molecule has 1 saturated heterocycles. The van der Waals surface area contributed by atoms with Gasteiger partial charge in [-0.05, 0) is 44.1 Å². The molecule has 84 valence electrons. The van der Waals surface area contributed by atoms with Gasteiger partial charge in [-0.1, -0.05) is 11.8 Å². The standard InChI is InChI=1S/C13H14FNO/c14-12-10-11(5-6-13(12)16)4-3-9-15-7-1-2-8-15/h5-6,10,16H,1-2,7-9H2. The van der Waals surface area contributed by atoms with Crippen molar-refractivity contribution in [1.29, 1.82) is 0 Å². The number of benzene rings is 1. The molecule has 0 aliphatic carbocycles. The molecule has 16 heavy (non-hydrogen) atoms. The SMILES string of the molecule is Oc1ccc(C#CCN2CCCC2)cc1F. The van der Waals surface area contributed by atoms with Gasteiger partial charge in [-0.15, -0.1) is 0 Å². The van der Waals surface area contributed by atoms with E-state index in [0.29, 0.717) is 5.56 Å². The molecule has 0 bridgehead atoms. The normalized spacial score (nSPS) is 15.8. The van der Waals surface area contributed by atoms with E-state index in [9.17, 15) is 4.39 Å². The van der Waals surface area contributed by atoms with Gasteiger partial charge in [-0.3, -0.25) is 4.90 Å². The third-order valence-corrected chi connectivity index (χ3v) is 2.68. The first kappa shape index (κ1) is 11.0. The van der Waals surface area contributed by atoms with Crippen LogP contribution in [0.25, 0.3) is 0 Å². The Morgan fingerprint density at radius 1 is 1.31 bits per heavy atom.